The van der Waals surface area contributed by atoms with Crippen molar-refractivity contribution in [2.45, 2.75) is 83.8 Å². The molecule has 1 aliphatic carbocycles. The molecule has 2 aromatic carbocycles. The second-order valence-corrected chi connectivity index (χ2v) is 14.0. The van der Waals surface area contributed by atoms with Crippen LogP contribution in [0.15, 0.2) is 36.4 Å². The van der Waals surface area contributed by atoms with E-state index in [1.165, 1.54) is 11.1 Å². The monoisotopic (exact) mass is 602 g/mol. The second kappa shape index (κ2) is 14.9. The summed E-state index contributed by atoms with van der Waals surface area (Å²) in [4.78, 5) is 15.7. The van der Waals surface area contributed by atoms with E-state index in [0.29, 0.717) is 24.0 Å². The molecule has 8 heteroatoms. The molecular formula is C33H47ClN2O4S. The minimum absolute atomic E-state index is 0.126. The molecule has 0 saturated heterocycles. The Morgan fingerprint density at radius 3 is 2.61 bits per heavy atom. The number of carbonyl (C=O) groups is 1. The fourth-order valence-corrected chi connectivity index (χ4v) is 7.55. The molecule has 226 valence electrons. The molecule has 0 spiro atoms. The fourth-order valence-electron chi connectivity index (χ4n) is 6.31. The molecule has 2 aromatic rings. The van der Waals surface area contributed by atoms with Crippen LogP contribution >= 0.6 is 11.6 Å². The Balaban J connectivity index is 1.61. The van der Waals surface area contributed by atoms with Gasteiger partial charge in [0, 0.05) is 36.2 Å². The van der Waals surface area contributed by atoms with Gasteiger partial charge in [0.1, 0.15) is 16.7 Å². The summed E-state index contributed by atoms with van der Waals surface area (Å²) in [5.74, 6) is 1.83. The second-order valence-electron chi connectivity index (χ2n) is 12.0. The lowest BCUT2D eigenvalue weighted by Gasteiger charge is -2.41. The number of aryl methyl sites for hydroxylation is 1. The summed E-state index contributed by atoms with van der Waals surface area (Å²) < 4.78 is 22.1. The van der Waals surface area contributed by atoms with E-state index in [1.807, 2.05) is 25.1 Å². The number of nitrogens with one attached hydrogen (secondary N) is 1. The van der Waals surface area contributed by atoms with Gasteiger partial charge in [0.05, 0.1) is 17.5 Å². The Morgan fingerprint density at radius 2 is 1.93 bits per heavy atom. The third-order valence-corrected chi connectivity index (χ3v) is 10.9. The predicted octanol–water partition coefficient (Wildman–Crippen LogP) is 6.90. The number of nitrogens with zero attached hydrogens (tertiary/aromatic N) is 1. The van der Waals surface area contributed by atoms with E-state index in [4.69, 9.17) is 16.3 Å². The van der Waals surface area contributed by atoms with Crippen molar-refractivity contribution >= 4 is 34.2 Å². The summed E-state index contributed by atoms with van der Waals surface area (Å²) in [7, 11) is -1.47. The molecule has 1 heterocycles. The zero-order chi connectivity index (χ0) is 29.5. The van der Waals surface area contributed by atoms with Crippen molar-refractivity contribution in [2.24, 2.45) is 17.8 Å². The van der Waals surface area contributed by atoms with Crippen molar-refractivity contribution in [3.8, 4) is 5.75 Å². The molecule has 2 N–H and O–H groups in total. The minimum atomic E-state index is -1.47. The Labute approximate surface area is 253 Å². The van der Waals surface area contributed by atoms with Gasteiger partial charge in [-0.05, 0) is 98.2 Å². The number of anilines is 1. The van der Waals surface area contributed by atoms with Gasteiger partial charge in [-0.1, -0.05) is 51.3 Å². The van der Waals surface area contributed by atoms with Gasteiger partial charge in [-0.3, -0.25) is 9.52 Å². The lowest BCUT2D eigenvalue weighted by atomic mass is 9.71. The first-order chi connectivity index (χ1) is 19.7. The lowest BCUT2D eigenvalue weighted by Crippen LogP contribution is -2.40. The maximum atomic E-state index is 13.3. The van der Waals surface area contributed by atoms with Crippen molar-refractivity contribution in [1.82, 2.24) is 4.72 Å². The Kier molecular flexibility index (Phi) is 11.6. The van der Waals surface area contributed by atoms with Crippen LogP contribution in [-0.4, -0.2) is 46.8 Å². The lowest BCUT2D eigenvalue weighted by molar-refractivity contribution is 0.0982. The van der Waals surface area contributed by atoms with E-state index in [-0.39, 0.29) is 29.6 Å². The van der Waals surface area contributed by atoms with Gasteiger partial charge >= 0.3 is 0 Å². The van der Waals surface area contributed by atoms with Crippen LogP contribution in [0.5, 0.6) is 5.75 Å². The molecule has 0 radical (unpaired) electrons. The normalized spacial score (nSPS) is 22.5. The largest absolute Gasteiger partial charge is 0.491 e. The first kappa shape index (κ1) is 31.8. The van der Waals surface area contributed by atoms with Gasteiger partial charge in [-0.25, -0.2) is 4.21 Å². The van der Waals surface area contributed by atoms with E-state index in [1.54, 1.807) is 6.07 Å². The summed E-state index contributed by atoms with van der Waals surface area (Å²) in [6, 6.07) is 11.7. The van der Waals surface area contributed by atoms with Crippen molar-refractivity contribution in [1.29, 1.82) is 0 Å². The van der Waals surface area contributed by atoms with Crippen LogP contribution in [0.2, 0.25) is 5.02 Å². The smallest absolute Gasteiger partial charge is 0.263 e. The van der Waals surface area contributed by atoms with Gasteiger partial charge in [-0.2, -0.15) is 0 Å². The molecular weight excluding hydrogens is 556 g/mol. The average Bonchev–Trinajstić information content (AvgIpc) is 3.13. The highest BCUT2D eigenvalue weighted by molar-refractivity contribution is 7.84. The highest BCUT2D eigenvalue weighted by Gasteiger charge is 2.35. The van der Waals surface area contributed by atoms with Gasteiger partial charge in [0.15, 0.2) is 0 Å². The Hall–Kier alpha value is -2.09. The number of hydrogen-bond acceptors (Lipinski definition) is 5. The number of halogens is 1. The number of amides is 1. The van der Waals surface area contributed by atoms with Crippen LogP contribution in [0.3, 0.4) is 0 Å². The van der Waals surface area contributed by atoms with Gasteiger partial charge in [0.25, 0.3) is 5.91 Å². The molecule has 6 nitrogen and oxygen atoms in total. The van der Waals surface area contributed by atoms with Gasteiger partial charge < -0.3 is 14.7 Å². The van der Waals surface area contributed by atoms with Crippen LogP contribution in [0.25, 0.3) is 0 Å². The molecule has 2 aliphatic rings. The number of carbonyl (C=O) groups excluding carboxylic acids is 1. The van der Waals surface area contributed by atoms with Crippen molar-refractivity contribution in [2.75, 3.05) is 31.2 Å². The molecule has 5 unspecified atom stereocenters. The summed E-state index contributed by atoms with van der Waals surface area (Å²) >= 11 is 6.38. The van der Waals surface area contributed by atoms with Crippen molar-refractivity contribution in [3.05, 3.63) is 58.1 Å². The number of aliphatic hydroxyl groups excluding tert-OH is 1. The highest BCUT2D eigenvalue weighted by atomic mass is 35.5. The number of rotatable bonds is 13. The predicted molar refractivity (Wildman–Crippen MR) is 169 cm³/mol. The maximum absolute atomic E-state index is 13.3. The quantitative estimate of drug-likeness (QED) is 0.261. The van der Waals surface area contributed by atoms with Crippen LogP contribution in [0.4, 0.5) is 5.69 Å². The molecule has 4 rings (SSSR count). The molecule has 1 saturated carbocycles. The molecule has 41 heavy (non-hydrogen) atoms. The van der Waals surface area contributed by atoms with E-state index in [9.17, 15) is 14.1 Å². The van der Waals surface area contributed by atoms with E-state index in [0.717, 1.165) is 74.5 Å². The Morgan fingerprint density at radius 1 is 1.15 bits per heavy atom. The van der Waals surface area contributed by atoms with Crippen LogP contribution in [0, 0.1) is 17.8 Å². The van der Waals surface area contributed by atoms with Gasteiger partial charge in [0.2, 0.25) is 0 Å². The van der Waals surface area contributed by atoms with Crippen LogP contribution in [-0.2, 0) is 17.4 Å². The molecule has 0 aromatic heterocycles. The van der Waals surface area contributed by atoms with E-state index in [2.05, 4.69) is 42.5 Å². The summed E-state index contributed by atoms with van der Waals surface area (Å²) in [5.41, 5.74) is 3.91. The number of ether oxygens (including phenoxy) is 1. The van der Waals surface area contributed by atoms with Crippen molar-refractivity contribution in [3.63, 3.8) is 0 Å². The number of hydrogen-bond donors (Lipinski definition) is 2. The molecule has 1 aliphatic heterocycles. The SMILES string of the molecule is CCCc1cc(Cl)ccc1C1COc2ccc(C(=O)NS(=O)[C@H](C)C(C)CCC)cc2N(CC2CCC2CCO)C1. The molecule has 0 bridgehead atoms. The third-order valence-electron chi connectivity index (χ3n) is 9.11. The van der Waals surface area contributed by atoms with Crippen molar-refractivity contribution < 1.29 is 18.8 Å². The first-order valence-corrected chi connectivity index (χ1v) is 17.0. The third kappa shape index (κ3) is 7.85. The topological polar surface area (TPSA) is 78.9 Å². The fraction of sp³-hybridized carbons (Fsp3) is 0.606. The summed E-state index contributed by atoms with van der Waals surface area (Å²) in [6.45, 7) is 10.7. The zero-order valence-corrected chi connectivity index (χ0v) is 26.6. The zero-order valence-electron chi connectivity index (χ0n) is 25.0. The number of aliphatic hydroxyl groups is 1. The maximum Gasteiger partial charge on any atom is 0.263 e. The van der Waals surface area contributed by atoms with E-state index < -0.39 is 11.0 Å². The average molecular weight is 603 g/mol. The summed E-state index contributed by atoms with van der Waals surface area (Å²) in [6.07, 6.45) is 7.09. The molecule has 1 fully saturated rings. The standard InChI is InChI=1S/C33H47ClN2O4S/c1-5-7-22(3)23(4)41(39)35-33(38)26-11-14-32-31(18-26)36(19-27-10-9-24(27)15-16-37)20-28(21-40-32)30-13-12-29(34)17-25(30)8-6-2/h11-14,17-18,22-24,27-28,37H,5-10,15-16,19-21H2,1-4H3,(H,35,38)/t22?,23-,24?,27?,28?,41?/m1/s1. The number of benzene rings is 2. The van der Waals surface area contributed by atoms with Crippen LogP contribution in [0.1, 0.15) is 93.6 Å². The molecule has 6 atom stereocenters. The Bertz CT molecular complexity index is 1210. The van der Waals surface area contributed by atoms with Gasteiger partial charge in [-0.15, -0.1) is 0 Å². The first-order valence-electron chi connectivity index (χ1n) is 15.4. The number of fused-ring (bicyclic) bond motifs is 1. The minimum Gasteiger partial charge on any atom is -0.491 e. The summed E-state index contributed by atoms with van der Waals surface area (Å²) in [5, 5.41) is 10.2. The highest BCUT2D eigenvalue weighted by Crippen LogP contribution is 2.42. The molecule has 1 amide bonds. The van der Waals surface area contributed by atoms with Crippen LogP contribution < -0.4 is 14.4 Å². The van der Waals surface area contributed by atoms with E-state index >= 15 is 0 Å².